The van der Waals surface area contributed by atoms with Crippen LogP contribution in [0.25, 0.3) is 22.4 Å². The summed E-state index contributed by atoms with van der Waals surface area (Å²) in [6.45, 7) is 2.18. The molecule has 182 valence electrons. The van der Waals surface area contributed by atoms with Gasteiger partial charge in [-0.3, -0.25) is 9.67 Å². The van der Waals surface area contributed by atoms with Gasteiger partial charge in [-0.05, 0) is 25.1 Å². The Labute approximate surface area is 205 Å². The summed E-state index contributed by atoms with van der Waals surface area (Å²) < 4.78 is 36.4. The quantitative estimate of drug-likeness (QED) is 0.324. The zero-order valence-corrected chi connectivity index (χ0v) is 19.4. The number of nitrogens with one attached hydrogen (secondary N) is 1. The Morgan fingerprint density at radius 3 is 2.53 bits per heavy atom. The predicted molar refractivity (Wildman–Crippen MR) is 133 cm³/mol. The second-order valence-electron chi connectivity index (χ2n) is 7.95. The molecule has 0 amide bonds. The number of hydrogen-bond donors (Lipinski definition) is 2. The van der Waals surface area contributed by atoms with E-state index in [4.69, 9.17) is 10.5 Å². The number of benzene rings is 2. The van der Waals surface area contributed by atoms with Crippen molar-refractivity contribution in [3.8, 4) is 17.3 Å². The van der Waals surface area contributed by atoms with Gasteiger partial charge in [0.2, 0.25) is 0 Å². The van der Waals surface area contributed by atoms with Gasteiger partial charge in [0.05, 0.1) is 18.7 Å². The Hall–Kier alpha value is -4.44. The lowest BCUT2D eigenvalue weighted by Gasteiger charge is -2.10. The van der Waals surface area contributed by atoms with E-state index >= 15 is 0 Å². The van der Waals surface area contributed by atoms with Gasteiger partial charge in [-0.15, -0.1) is 0 Å². The standard InChI is InChI=1S/C26H23F2N7O/c1-2-36-18-11-21(27)20(22(28)12-18)15-35-23-6-4-3-5-19(23)24(34-35)26-31-14-16(13-29)25(33-26)32-17-7-9-30-10-8-17/h3-12,14H,2,13,15,29H2,1H3,(H,30,31,32,33). The summed E-state index contributed by atoms with van der Waals surface area (Å²) in [7, 11) is 0. The average molecular weight is 488 g/mol. The van der Waals surface area contributed by atoms with E-state index in [-0.39, 0.29) is 24.4 Å². The van der Waals surface area contributed by atoms with Crippen LogP contribution in [0.2, 0.25) is 0 Å². The SMILES string of the molecule is CCOc1cc(F)c(Cn2nc(-c3ncc(CN)c(Nc4ccncc4)n3)c3ccccc32)c(F)c1. The molecular formula is C26H23F2N7O. The van der Waals surface area contributed by atoms with Crippen LogP contribution in [-0.2, 0) is 13.1 Å². The highest BCUT2D eigenvalue weighted by Gasteiger charge is 2.19. The average Bonchev–Trinajstić information content (AvgIpc) is 3.25. The molecule has 0 spiro atoms. The molecule has 5 aromatic rings. The molecule has 0 aliphatic carbocycles. The number of para-hydroxylation sites is 1. The summed E-state index contributed by atoms with van der Waals surface area (Å²) in [5.74, 6) is -0.369. The Morgan fingerprint density at radius 2 is 1.81 bits per heavy atom. The molecule has 0 unspecified atom stereocenters. The lowest BCUT2D eigenvalue weighted by Crippen LogP contribution is -2.08. The van der Waals surface area contributed by atoms with E-state index in [0.29, 0.717) is 29.5 Å². The molecule has 0 fully saturated rings. The third-order valence-corrected chi connectivity index (χ3v) is 5.63. The van der Waals surface area contributed by atoms with Crippen molar-refractivity contribution in [2.45, 2.75) is 20.0 Å². The van der Waals surface area contributed by atoms with Crippen LogP contribution in [0.15, 0.2) is 67.1 Å². The number of rotatable bonds is 8. The van der Waals surface area contributed by atoms with Gasteiger partial charge in [0, 0.05) is 59.5 Å². The fourth-order valence-corrected chi connectivity index (χ4v) is 3.89. The van der Waals surface area contributed by atoms with E-state index in [2.05, 4.69) is 25.4 Å². The van der Waals surface area contributed by atoms with Gasteiger partial charge in [-0.25, -0.2) is 18.7 Å². The largest absolute Gasteiger partial charge is 0.494 e. The van der Waals surface area contributed by atoms with Crippen molar-refractivity contribution < 1.29 is 13.5 Å². The van der Waals surface area contributed by atoms with Crippen molar-refractivity contribution in [1.29, 1.82) is 0 Å². The van der Waals surface area contributed by atoms with E-state index < -0.39 is 11.6 Å². The van der Waals surface area contributed by atoms with Crippen LogP contribution in [0.3, 0.4) is 0 Å². The molecule has 0 saturated heterocycles. The minimum atomic E-state index is -0.702. The minimum absolute atomic E-state index is 0.113. The minimum Gasteiger partial charge on any atom is -0.494 e. The number of aromatic nitrogens is 5. The molecule has 36 heavy (non-hydrogen) atoms. The highest BCUT2D eigenvalue weighted by Crippen LogP contribution is 2.29. The van der Waals surface area contributed by atoms with Crippen molar-refractivity contribution in [3.63, 3.8) is 0 Å². The third-order valence-electron chi connectivity index (χ3n) is 5.63. The van der Waals surface area contributed by atoms with Gasteiger partial charge in [0.1, 0.15) is 28.9 Å². The maximum atomic E-state index is 14.8. The Kier molecular flexibility index (Phi) is 6.50. The summed E-state index contributed by atoms with van der Waals surface area (Å²) >= 11 is 0. The molecule has 3 heterocycles. The smallest absolute Gasteiger partial charge is 0.182 e. The molecule has 3 aromatic heterocycles. The van der Waals surface area contributed by atoms with Crippen LogP contribution < -0.4 is 15.8 Å². The van der Waals surface area contributed by atoms with Crippen LogP contribution in [0.1, 0.15) is 18.1 Å². The molecule has 10 heteroatoms. The first kappa shape index (κ1) is 23.3. The molecule has 0 aliphatic heterocycles. The van der Waals surface area contributed by atoms with Gasteiger partial charge in [-0.1, -0.05) is 18.2 Å². The van der Waals surface area contributed by atoms with Crippen molar-refractivity contribution >= 4 is 22.4 Å². The predicted octanol–water partition coefficient (Wildman–Crippen LogP) is 4.82. The van der Waals surface area contributed by atoms with E-state index in [1.54, 1.807) is 30.2 Å². The molecule has 0 bridgehead atoms. The van der Waals surface area contributed by atoms with Gasteiger partial charge in [0.15, 0.2) is 5.82 Å². The molecule has 0 atom stereocenters. The van der Waals surface area contributed by atoms with Crippen molar-refractivity contribution in [3.05, 3.63) is 89.9 Å². The van der Waals surface area contributed by atoms with E-state index in [0.717, 1.165) is 16.6 Å². The fourth-order valence-electron chi connectivity index (χ4n) is 3.89. The molecule has 5 rings (SSSR count). The number of anilines is 2. The summed E-state index contributed by atoms with van der Waals surface area (Å²) in [5, 5.41) is 8.65. The van der Waals surface area contributed by atoms with E-state index in [1.165, 1.54) is 12.1 Å². The maximum Gasteiger partial charge on any atom is 0.182 e. The van der Waals surface area contributed by atoms with Gasteiger partial charge < -0.3 is 15.8 Å². The van der Waals surface area contributed by atoms with Crippen LogP contribution in [-0.4, -0.2) is 31.3 Å². The van der Waals surface area contributed by atoms with Crippen molar-refractivity contribution in [1.82, 2.24) is 24.7 Å². The summed E-state index contributed by atoms with van der Waals surface area (Å²) in [5.41, 5.74) is 8.47. The summed E-state index contributed by atoms with van der Waals surface area (Å²) in [6, 6.07) is 13.4. The van der Waals surface area contributed by atoms with Gasteiger partial charge in [-0.2, -0.15) is 5.10 Å². The molecule has 0 saturated carbocycles. The first-order valence-electron chi connectivity index (χ1n) is 11.4. The second-order valence-corrected chi connectivity index (χ2v) is 7.95. The Balaban J connectivity index is 1.56. The number of hydrogen-bond acceptors (Lipinski definition) is 7. The number of nitrogens with two attached hydrogens (primary N) is 1. The van der Waals surface area contributed by atoms with E-state index in [9.17, 15) is 8.78 Å². The first-order chi connectivity index (χ1) is 17.6. The lowest BCUT2D eigenvalue weighted by atomic mass is 10.1. The number of ether oxygens (including phenoxy) is 1. The zero-order valence-electron chi connectivity index (χ0n) is 19.4. The number of fused-ring (bicyclic) bond motifs is 1. The Morgan fingerprint density at radius 1 is 1.06 bits per heavy atom. The molecule has 0 radical (unpaired) electrons. The van der Waals surface area contributed by atoms with E-state index in [1.807, 2.05) is 36.4 Å². The van der Waals surface area contributed by atoms with Crippen LogP contribution in [0.4, 0.5) is 20.3 Å². The highest BCUT2D eigenvalue weighted by molar-refractivity contribution is 5.91. The van der Waals surface area contributed by atoms with Crippen LogP contribution >= 0.6 is 0 Å². The topological polar surface area (TPSA) is 104 Å². The third kappa shape index (κ3) is 4.58. The summed E-state index contributed by atoms with van der Waals surface area (Å²) in [4.78, 5) is 13.2. The normalized spacial score (nSPS) is 11.1. The van der Waals surface area contributed by atoms with Gasteiger partial charge >= 0.3 is 0 Å². The molecule has 8 nitrogen and oxygen atoms in total. The lowest BCUT2D eigenvalue weighted by molar-refractivity contribution is 0.335. The molecule has 0 aliphatic rings. The number of pyridine rings is 1. The van der Waals surface area contributed by atoms with Crippen molar-refractivity contribution in [2.24, 2.45) is 5.73 Å². The molecule has 3 N–H and O–H groups in total. The van der Waals surface area contributed by atoms with Crippen LogP contribution in [0, 0.1) is 11.6 Å². The monoisotopic (exact) mass is 487 g/mol. The molecule has 2 aromatic carbocycles. The first-order valence-corrected chi connectivity index (χ1v) is 11.4. The summed E-state index contributed by atoms with van der Waals surface area (Å²) in [6.07, 6.45) is 4.98. The number of halogens is 2. The second kappa shape index (κ2) is 10.0. The Bertz CT molecular complexity index is 1500. The molecular weight excluding hydrogens is 464 g/mol. The highest BCUT2D eigenvalue weighted by atomic mass is 19.1. The van der Waals surface area contributed by atoms with Crippen molar-refractivity contribution in [2.75, 3.05) is 11.9 Å². The maximum absolute atomic E-state index is 14.8. The van der Waals surface area contributed by atoms with Crippen LogP contribution in [0.5, 0.6) is 5.75 Å². The number of nitrogens with zero attached hydrogens (tertiary/aromatic N) is 5. The zero-order chi connectivity index (χ0) is 25.1. The fraction of sp³-hybridized carbons (Fsp3) is 0.154. The van der Waals surface area contributed by atoms with Gasteiger partial charge in [0.25, 0.3) is 0 Å².